The minimum absolute atomic E-state index is 0.0113. The predicted molar refractivity (Wildman–Crippen MR) is 76.3 cm³/mol. The third kappa shape index (κ3) is 3.47. The molecule has 0 radical (unpaired) electrons. The molecule has 2 rings (SSSR count). The van der Waals surface area contributed by atoms with Gasteiger partial charge in [-0.25, -0.2) is 4.39 Å². The van der Waals surface area contributed by atoms with E-state index >= 15 is 0 Å². The lowest BCUT2D eigenvalue weighted by atomic mass is 10.1. The van der Waals surface area contributed by atoms with Crippen LogP contribution in [0, 0.1) is 5.82 Å². The van der Waals surface area contributed by atoms with Crippen molar-refractivity contribution in [1.82, 2.24) is 0 Å². The molecule has 0 bridgehead atoms. The van der Waals surface area contributed by atoms with Crippen molar-refractivity contribution in [1.29, 1.82) is 0 Å². The molecule has 1 unspecified atom stereocenters. The van der Waals surface area contributed by atoms with E-state index in [2.05, 4.69) is 15.9 Å². The van der Waals surface area contributed by atoms with Gasteiger partial charge in [-0.05, 0) is 36.8 Å². The summed E-state index contributed by atoms with van der Waals surface area (Å²) in [5, 5.41) is 9.53. The Kier molecular flexibility index (Phi) is 4.45. The van der Waals surface area contributed by atoms with E-state index in [1.807, 2.05) is 0 Å². The Morgan fingerprint density at radius 2 is 1.84 bits per heavy atom. The maximum absolute atomic E-state index is 13.0. The summed E-state index contributed by atoms with van der Waals surface area (Å²) in [6.07, 6.45) is -0.566. The second-order valence-corrected chi connectivity index (χ2v) is 5.30. The van der Waals surface area contributed by atoms with E-state index in [4.69, 9.17) is 16.3 Å². The first kappa shape index (κ1) is 14.3. The van der Waals surface area contributed by atoms with E-state index in [1.54, 1.807) is 25.1 Å². The fourth-order valence-corrected chi connectivity index (χ4v) is 2.45. The summed E-state index contributed by atoms with van der Waals surface area (Å²) >= 11 is 9.04. The molecule has 0 heterocycles. The van der Waals surface area contributed by atoms with Crippen LogP contribution in [-0.2, 0) is 0 Å². The minimum atomic E-state index is -0.566. The molecule has 19 heavy (non-hydrogen) atoms. The van der Waals surface area contributed by atoms with Crippen LogP contribution in [-0.4, -0.2) is 5.11 Å². The van der Waals surface area contributed by atoms with Crippen molar-refractivity contribution in [2.24, 2.45) is 0 Å². The van der Waals surface area contributed by atoms with Gasteiger partial charge in [0.2, 0.25) is 0 Å². The lowest BCUT2D eigenvalue weighted by Crippen LogP contribution is -1.93. The van der Waals surface area contributed by atoms with Crippen molar-refractivity contribution >= 4 is 27.5 Å². The first-order valence-electron chi connectivity index (χ1n) is 5.58. The van der Waals surface area contributed by atoms with Crippen molar-refractivity contribution in [3.63, 3.8) is 0 Å². The number of aliphatic hydroxyl groups is 1. The normalized spacial score (nSPS) is 12.3. The van der Waals surface area contributed by atoms with Crippen LogP contribution in [0.1, 0.15) is 18.6 Å². The zero-order valence-corrected chi connectivity index (χ0v) is 12.4. The van der Waals surface area contributed by atoms with Crippen molar-refractivity contribution in [3.05, 3.63) is 57.3 Å². The van der Waals surface area contributed by atoms with E-state index in [-0.39, 0.29) is 5.02 Å². The summed E-state index contributed by atoms with van der Waals surface area (Å²) in [6, 6.07) is 9.38. The number of rotatable bonds is 3. The Hall–Kier alpha value is -1.10. The molecular weight excluding hydrogens is 335 g/mol. The predicted octanol–water partition coefficient (Wildman–Crippen LogP) is 5.09. The summed E-state index contributed by atoms with van der Waals surface area (Å²) in [4.78, 5) is 0. The molecule has 5 heteroatoms. The Morgan fingerprint density at radius 1 is 1.21 bits per heavy atom. The monoisotopic (exact) mass is 344 g/mol. The van der Waals surface area contributed by atoms with Gasteiger partial charge in [0.05, 0.1) is 11.1 Å². The number of halogens is 3. The van der Waals surface area contributed by atoms with E-state index in [1.165, 1.54) is 18.2 Å². The van der Waals surface area contributed by atoms with Crippen molar-refractivity contribution in [2.45, 2.75) is 13.0 Å². The highest BCUT2D eigenvalue weighted by Crippen LogP contribution is 2.31. The number of benzene rings is 2. The molecule has 0 aliphatic rings. The summed E-state index contributed by atoms with van der Waals surface area (Å²) < 4.78 is 19.3. The largest absolute Gasteiger partial charge is 0.457 e. The van der Waals surface area contributed by atoms with Crippen LogP contribution in [0.25, 0.3) is 0 Å². The highest BCUT2D eigenvalue weighted by Gasteiger charge is 2.08. The van der Waals surface area contributed by atoms with Crippen LogP contribution >= 0.6 is 27.5 Å². The molecule has 2 aromatic carbocycles. The highest BCUT2D eigenvalue weighted by atomic mass is 79.9. The number of aliphatic hydroxyl groups excluding tert-OH is 1. The molecule has 1 N–H and O–H groups in total. The summed E-state index contributed by atoms with van der Waals surface area (Å²) in [6.45, 7) is 1.68. The molecule has 0 aromatic heterocycles. The summed E-state index contributed by atoms with van der Waals surface area (Å²) in [5.74, 6) is 0.529. The smallest absolute Gasteiger partial charge is 0.142 e. The molecule has 1 atom stereocenters. The standard InChI is InChI=1S/C14H11BrClFO2/c1-8(18)11-4-2-9(6-12(11)15)19-10-3-5-14(17)13(16)7-10/h2-8,18H,1H3. The fraction of sp³-hybridized carbons (Fsp3) is 0.143. The van der Waals surface area contributed by atoms with Crippen LogP contribution in [0.2, 0.25) is 5.02 Å². The van der Waals surface area contributed by atoms with Crippen molar-refractivity contribution < 1.29 is 14.2 Å². The molecule has 2 aromatic rings. The van der Waals surface area contributed by atoms with Crippen LogP contribution in [0.4, 0.5) is 4.39 Å². The van der Waals surface area contributed by atoms with Gasteiger partial charge in [0.15, 0.2) is 0 Å². The molecule has 0 spiro atoms. The molecule has 0 saturated carbocycles. The second-order valence-electron chi connectivity index (χ2n) is 4.04. The topological polar surface area (TPSA) is 29.5 Å². The van der Waals surface area contributed by atoms with Gasteiger partial charge in [-0.1, -0.05) is 33.6 Å². The Bertz CT molecular complexity index is 602. The molecule has 0 aliphatic heterocycles. The maximum Gasteiger partial charge on any atom is 0.142 e. The summed E-state index contributed by atoms with van der Waals surface area (Å²) in [7, 11) is 0. The fourth-order valence-electron chi connectivity index (χ4n) is 1.59. The van der Waals surface area contributed by atoms with Crippen LogP contribution in [0.5, 0.6) is 11.5 Å². The van der Waals surface area contributed by atoms with Crippen molar-refractivity contribution in [3.8, 4) is 11.5 Å². The average Bonchev–Trinajstić information content (AvgIpc) is 2.33. The summed E-state index contributed by atoms with van der Waals surface area (Å²) in [5.41, 5.74) is 0.768. The first-order valence-corrected chi connectivity index (χ1v) is 6.75. The van der Waals surface area contributed by atoms with Gasteiger partial charge in [0.1, 0.15) is 17.3 Å². The molecule has 0 aliphatic carbocycles. The van der Waals surface area contributed by atoms with Gasteiger partial charge >= 0.3 is 0 Å². The van der Waals surface area contributed by atoms with Gasteiger partial charge in [-0.3, -0.25) is 0 Å². The molecule has 2 nitrogen and oxygen atoms in total. The van der Waals surface area contributed by atoms with Gasteiger partial charge in [0.25, 0.3) is 0 Å². The molecule has 0 saturated heterocycles. The number of ether oxygens (including phenoxy) is 1. The lowest BCUT2D eigenvalue weighted by molar-refractivity contribution is 0.198. The van der Waals surface area contributed by atoms with E-state index in [0.717, 1.165) is 10.0 Å². The van der Waals surface area contributed by atoms with Crippen LogP contribution < -0.4 is 4.74 Å². The number of hydrogen-bond donors (Lipinski definition) is 1. The number of hydrogen-bond acceptors (Lipinski definition) is 2. The molecular formula is C14H11BrClFO2. The molecule has 0 amide bonds. The minimum Gasteiger partial charge on any atom is -0.457 e. The van der Waals surface area contributed by atoms with E-state index in [0.29, 0.717) is 11.5 Å². The zero-order chi connectivity index (χ0) is 14.0. The Labute approximate surface area is 123 Å². The first-order chi connectivity index (χ1) is 8.97. The lowest BCUT2D eigenvalue weighted by Gasteiger charge is -2.11. The molecule has 100 valence electrons. The average molecular weight is 346 g/mol. The third-order valence-corrected chi connectivity index (χ3v) is 3.53. The highest BCUT2D eigenvalue weighted by molar-refractivity contribution is 9.10. The molecule has 0 fully saturated rings. The maximum atomic E-state index is 13.0. The van der Waals surface area contributed by atoms with Gasteiger partial charge in [-0.15, -0.1) is 0 Å². The van der Waals surface area contributed by atoms with Gasteiger partial charge in [-0.2, -0.15) is 0 Å². The quantitative estimate of drug-likeness (QED) is 0.840. The van der Waals surface area contributed by atoms with E-state index < -0.39 is 11.9 Å². The Morgan fingerprint density at radius 3 is 2.42 bits per heavy atom. The van der Waals surface area contributed by atoms with Crippen LogP contribution in [0.3, 0.4) is 0 Å². The second kappa shape index (κ2) is 5.90. The Balaban J connectivity index is 2.24. The van der Waals surface area contributed by atoms with Gasteiger partial charge < -0.3 is 9.84 Å². The van der Waals surface area contributed by atoms with Crippen LogP contribution in [0.15, 0.2) is 40.9 Å². The van der Waals surface area contributed by atoms with Gasteiger partial charge in [0, 0.05) is 10.5 Å². The SMILES string of the molecule is CC(O)c1ccc(Oc2ccc(F)c(Cl)c2)cc1Br. The van der Waals surface area contributed by atoms with E-state index in [9.17, 15) is 9.50 Å². The third-order valence-electron chi connectivity index (χ3n) is 2.55. The van der Waals surface area contributed by atoms with Crippen molar-refractivity contribution in [2.75, 3.05) is 0 Å². The zero-order valence-electron chi connectivity index (χ0n) is 10.0.